The molecule has 1 aromatic carbocycles. The summed E-state index contributed by atoms with van der Waals surface area (Å²) in [7, 11) is 0. The quantitative estimate of drug-likeness (QED) is 0.759. The van der Waals surface area contributed by atoms with E-state index in [4.69, 9.17) is 9.84 Å². The molecule has 0 saturated carbocycles. The molecule has 0 aliphatic carbocycles. The monoisotopic (exact) mass is 306 g/mol. The van der Waals surface area contributed by atoms with Crippen LogP contribution in [-0.2, 0) is 9.59 Å². The first-order chi connectivity index (χ1) is 10.4. The second kappa shape index (κ2) is 6.46. The summed E-state index contributed by atoms with van der Waals surface area (Å²) < 4.78 is 5.20. The number of rotatable bonds is 5. The maximum Gasteiger partial charge on any atom is 0.326 e. The van der Waals surface area contributed by atoms with Crippen molar-refractivity contribution in [3.63, 3.8) is 0 Å². The van der Waals surface area contributed by atoms with Gasteiger partial charge in [-0.1, -0.05) is 13.8 Å². The fourth-order valence-corrected chi connectivity index (χ4v) is 2.16. The summed E-state index contributed by atoms with van der Waals surface area (Å²) in [6.45, 7) is 3.70. The molecule has 0 spiro atoms. The van der Waals surface area contributed by atoms with Crippen LogP contribution in [0.15, 0.2) is 18.2 Å². The van der Waals surface area contributed by atoms with Gasteiger partial charge < -0.3 is 20.5 Å². The van der Waals surface area contributed by atoms with Crippen molar-refractivity contribution in [3.8, 4) is 5.75 Å². The first kappa shape index (κ1) is 15.8. The van der Waals surface area contributed by atoms with Crippen molar-refractivity contribution in [2.24, 2.45) is 5.92 Å². The number of carboxylic acids is 1. The summed E-state index contributed by atoms with van der Waals surface area (Å²) in [5, 5.41) is 14.2. The van der Waals surface area contributed by atoms with Crippen LogP contribution in [0.5, 0.6) is 5.75 Å². The number of anilines is 1. The van der Waals surface area contributed by atoms with Crippen LogP contribution in [0.4, 0.5) is 5.69 Å². The number of carboxylic acid groups (broad SMARTS) is 1. The highest BCUT2D eigenvalue weighted by atomic mass is 16.5. The fraction of sp³-hybridized carbons (Fsp3) is 0.400. The van der Waals surface area contributed by atoms with Crippen LogP contribution >= 0.6 is 0 Å². The van der Waals surface area contributed by atoms with Crippen LogP contribution in [0.25, 0.3) is 0 Å². The lowest BCUT2D eigenvalue weighted by Crippen LogP contribution is -2.41. The summed E-state index contributed by atoms with van der Waals surface area (Å²) in [6, 6.07) is 3.62. The number of benzene rings is 1. The Balaban J connectivity index is 2.13. The fourth-order valence-electron chi connectivity index (χ4n) is 2.16. The summed E-state index contributed by atoms with van der Waals surface area (Å²) in [5.41, 5.74) is 0.666. The molecule has 1 heterocycles. The largest absolute Gasteiger partial charge is 0.482 e. The van der Waals surface area contributed by atoms with Gasteiger partial charge in [0.15, 0.2) is 6.61 Å². The van der Waals surface area contributed by atoms with E-state index in [1.165, 1.54) is 12.1 Å². The Hall–Kier alpha value is -2.57. The Morgan fingerprint density at radius 1 is 1.41 bits per heavy atom. The maximum atomic E-state index is 12.2. The van der Waals surface area contributed by atoms with Crippen LogP contribution in [0.3, 0.4) is 0 Å². The normalized spacial score (nSPS) is 14.6. The second-order valence-electron chi connectivity index (χ2n) is 5.54. The van der Waals surface area contributed by atoms with Gasteiger partial charge in [0.2, 0.25) is 0 Å². The van der Waals surface area contributed by atoms with Gasteiger partial charge >= 0.3 is 5.97 Å². The number of aliphatic carboxylic acids is 1. The zero-order valence-electron chi connectivity index (χ0n) is 12.4. The Kier molecular flexibility index (Phi) is 4.65. The minimum Gasteiger partial charge on any atom is -0.482 e. The predicted octanol–water partition coefficient (Wildman–Crippen LogP) is 1.25. The van der Waals surface area contributed by atoms with Crippen LogP contribution in [-0.4, -0.2) is 35.5 Å². The molecule has 1 aliphatic rings. The number of fused-ring (bicyclic) bond motifs is 1. The molecule has 0 unspecified atom stereocenters. The molecular formula is C15H18N2O5. The van der Waals surface area contributed by atoms with Crippen molar-refractivity contribution in [2.45, 2.75) is 26.3 Å². The number of carbonyl (C=O) groups excluding carboxylic acids is 2. The number of amides is 2. The minimum atomic E-state index is -1.07. The van der Waals surface area contributed by atoms with Gasteiger partial charge in [-0.3, -0.25) is 9.59 Å². The van der Waals surface area contributed by atoms with E-state index >= 15 is 0 Å². The molecule has 0 fully saturated rings. The molecule has 118 valence electrons. The number of hydrogen-bond donors (Lipinski definition) is 3. The standard InChI is InChI=1S/C15H18N2O5/c1-8(2)5-11(15(20)21)17-14(19)9-3-4-12-10(6-9)16-13(18)7-22-12/h3-4,6,8,11H,5,7H2,1-2H3,(H,16,18)(H,17,19)(H,20,21)/t11-/m1/s1. The molecule has 1 aromatic rings. The second-order valence-corrected chi connectivity index (χ2v) is 5.54. The van der Waals surface area contributed by atoms with E-state index in [0.29, 0.717) is 17.9 Å². The zero-order valence-corrected chi connectivity index (χ0v) is 12.4. The Morgan fingerprint density at radius 3 is 2.77 bits per heavy atom. The topological polar surface area (TPSA) is 105 Å². The molecule has 0 saturated heterocycles. The molecule has 0 bridgehead atoms. The molecule has 2 rings (SSSR count). The Bertz CT molecular complexity index is 612. The van der Waals surface area contributed by atoms with Gasteiger partial charge in [-0.2, -0.15) is 0 Å². The summed E-state index contributed by atoms with van der Waals surface area (Å²) in [5.74, 6) is -1.26. The third kappa shape index (κ3) is 3.75. The minimum absolute atomic E-state index is 0.0615. The lowest BCUT2D eigenvalue weighted by molar-refractivity contribution is -0.139. The smallest absolute Gasteiger partial charge is 0.326 e. The lowest BCUT2D eigenvalue weighted by atomic mass is 10.0. The molecule has 0 aromatic heterocycles. The van der Waals surface area contributed by atoms with Crippen molar-refractivity contribution in [3.05, 3.63) is 23.8 Å². The van der Waals surface area contributed by atoms with Crippen LogP contribution < -0.4 is 15.4 Å². The number of nitrogens with one attached hydrogen (secondary N) is 2. The summed E-state index contributed by atoms with van der Waals surface area (Å²) in [6.07, 6.45) is 0.339. The summed E-state index contributed by atoms with van der Waals surface area (Å²) in [4.78, 5) is 34.6. The van der Waals surface area contributed by atoms with Gasteiger partial charge in [0.05, 0.1) is 5.69 Å². The number of carbonyl (C=O) groups is 3. The molecule has 7 nitrogen and oxygen atoms in total. The van der Waals surface area contributed by atoms with E-state index in [9.17, 15) is 14.4 Å². The molecule has 7 heteroatoms. The zero-order chi connectivity index (χ0) is 16.3. The third-order valence-corrected chi connectivity index (χ3v) is 3.19. The number of ether oxygens (including phenoxy) is 1. The highest BCUT2D eigenvalue weighted by Gasteiger charge is 2.23. The average molecular weight is 306 g/mol. The highest BCUT2D eigenvalue weighted by molar-refractivity contribution is 6.00. The van der Waals surface area contributed by atoms with Crippen LogP contribution in [0.1, 0.15) is 30.6 Å². The molecule has 1 atom stereocenters. The summed E-state index contributed by atoms with van der Waals surface area (Å²) >= 11 is 0. The van der Waals surface area contributed by atoms with Crippen LogP contribution in [0, 0.1) is 5.92 Å². The molecule has 2 amide bonds. The van der Waals surface area contributed by atoms with Gasteiger partial charge in [0.25, 0.3) is 11.8 Å². The molecule has 22 heavy (non-hydrogen) atoms. The van der Waals surface area contributed by atoms with Crippen LogP contribution in [0.2, 0.25) is 0 Å². The first-order valence-corrected chi connectivity index (χ1v) is 6.97. The third-order valence-electron chi connectivity index (χ3n) is 3.19. The van der Waals surface area contributed by atoms with E-state index in [2.05, 4.69) is 10.6 Å². The maximum absolute atomic E-state index is 12.2. The Labute approximate surface area is 127 Å². The van der Waals surface area contributed by atoms with E-state index in [0.717, 1.165) is 0 Å². The van der Waals surface area contributed by atoms with Crippen molar-refractivity contribution < 1.29 is 24.2 Å². The number of hydrogen-bond acceptors (Lipinski definition) is 4. The first-order valence-electron chi connectivity index (χ1n) is 6.97. The molecule has 3 N–H and O–H groups in total. The van der Waals surface area contributed by atoms with E-state index in [1.807, 2.05) is 13.8 Å². The highest BCUT2D eigenvalue weighted by Crippen LogP contribution is 2.28. The van der Waals surface area contributed by atoms with Gasteiger partial charge in [0.1, 0.15) is 11.8 Å². The lowest BCUT2D eigenvalue weighted by Gasteiger charge is -2.19. The van der Waals surface area contributed by atoms with Crippen molar-refractivity contribution in [1.82, 2.24) is 5.32 Å². The van der Waals surface area contributed by atoms with Gasteiger partial charge in [-0.15, -0.1) is 0 Å². The van der Waals surface area contributed by atoms with E-state index in [1.54, 1.807) is 6.07 Å². The van der Waals surface area contributed by atoms with E-state index in [-0.39, 0.29) is 24.0 Å². The van der Waals surface area contributed by atoms with Gasteiger partial charge in [0, 0.05) is 5.56 Å². The molecule has 0 radical (unpaired) electrons. The SMILES string of the molecule is CC(C)C[C@@H](NC(=O)c1ccc2c(c1)NC(=O)CO2)C(=O)O. The average Bonchev–Trinajstić information content (AvgIpc) is 2.45. The van der Waals surface area contributed by atoms with Gasteiger partial charge in [-0.25, -0.2) is 4.79 Å². The van der Waals surface area contributed by atoms with E-state index < -0.39 is 17.9 Å². The van der Waals surface area contributed by atoms with Crippen molar-refractivity contribution in [1.29, 1.82) is 0 Å². The van der Waals surface area contributed by atoms with Crippen molar-refractivity contribution >= 4 is 23.5 Å². The van der Waals surface area contributed by atoms with Gasteiger partial charge in [-0.05, 0) is 30.5 Å². The molecule has 1 aliphatic heterocycles. The van der Waals surface area contributed by atoms with Crippen molar-refractivity contribution in [2.75, 3.05) is 11.9 Å². The predicted molar refractivity (Wildman–Crippen MR) is 78.9 cm³/mol. The molecular weight excluding hydrogens is 288 g/mol. The Morgan fingerprint density at radius 2 is 2.14 bits per heavy atom.